The Bertz CT molecular complexity index is 203. The number of carbonyl (C=O) groups excluding carboxylic acids is 1. The maximum Gasteiger partial charge on any atom is 0.141 e. The SMILES string of the molecule is COCC1(C(=O)CCC(C)C)CCCC1. The number of ketones is 1. The monoisotopic (exact) mass is 212 g/mol. The number of hydrogen-bond donors (Lipinski definition) is 0. The molecule has 0 radical (unpaired) electrons. The Morgan fingerprint density at radius 2 is 1.93 bits per heavy atom. The van der Waals surface area contributed by atoms with Gasteiger partial charge in [-0.25, -0.2) is 0 Å². The molecule has 88 valence electrons. The molecule has 0 atom stereocenters. The maximum atomic E-state index is 12.2. The summed E-state index contributed by atoms with van der Waals surface area (Å²) in [6, 6.07) is 0. The lowest BCUT2D eigenvalue weighted by Crippen LogP contribution is -2.33. The molecule has 0 aromatic rings. The fourth-order valence-electron chi connectivity index (χ4n) is 2.52. The summed E-state index contributed by atoms with van der Waals surface area (Å²) in [7, 11) is 1.70. The Labute approximate surface area is 93.4 Å². The molecule has 0 heterocycles. The van der Waals surface area contributed by atoms with Crippen molar-refractivity contribution in [3.63, 3.8) is 0 Å². The maximum absolute atomic E-state index is 12.2. The summed E-state index contributed by atoms with van der Waals surface area (Å²) in [5.74, 6) is 1.06. The van der Waals surface area contributed by atoms with Gasteiger partial charge in [-0.2, -0.15) is 0 Å². The van der Waals surface area contributed by atoms with Crippen LogP contribution in [0.15, 0.2) is 0 Å². The van der Waals surface area contributed by atoms with E-state index in [4.69, 9.17) is 4.74 Å². The molecule has 1 aliphatic carbocycles. The highest BCUT2D eigenvalue weighted by molar-refractivity contribution is 5.85. The summed E-state index contributed by atoms with van der Waals surface area (Å²) in [6.45, 7) is 4.97. The zero-order valence-electron chi connectivity index (χ0n) is 10.3. The van der Waals surface area contributed by atoms with E-state index in [0.29, 0.717) is 18.3 Å². The van der Waals surface area contributed by atoms with Gasteiger partial charge in [-0.1, -0.05) is 26.7 Å². The minimum atomic E-state index is -0.121. The Kier molecular flexibility index (Phi) is 4.78. The average molecular weight is 212 g/mol. The van der Waals surface area contributed by atoms with Gasteiger partial charge in [-0.3, -0.25) is 4.79 Å². The van der Waals surface area contributed by atoms with Gasteiger partial charge in [0, 0.05) is 13.5 Å². The third kappa shape index (κ3) is 3.30. The van der Waals surface area contributed by atoms with E-state index < -0.39 is 0 Å². The molecule has 0 spiro atoms. The molecule has 1 fully saturated rings. The van der Waals surface area contributed by atoms with Crippen LogP contribution in [0.1, 0.15) is 52.4 Å². The van der Waals surface area contributed by atoms with Crippen LogP contribution in [0.2, 0.25) is 0 Å². The first kappa shape index (κ1) is 12.7. The van der Waals surface area contributed by atoms with Gasteiger partial charge in [0.1, 0.15) is 5.78 Å². The highest BCUT2D eigenvalue weighted by Gasteiger charge is 2.40. The molecule has 0 bridgehead atoms. The van der Waals surface area contributed by atoms with Crippen LogP contribution in [0.4, 0.5) is 0 Å². The number of methoxy groups -OCH3 is 1. The molecular formula is C13H24O2. The van der Waals surface area contributed by atoms with Gasteiger partial charge in [0.15, 0.2) is 0 Å². The van der Waals surface area contributed by atoms with Crippen molar-refractivity contribution in [1.82, 2.24) is 0 Å². The predicted octanol–water partition coefficient (Wildman–Crippen LogP) is 3.20. The van der Waals surface area contributed by atoms with Gasteiger partial charge in [0.05, 0.1) is 12.0 Å². The van der Waals surface area contributed by atoms with Gasteiger partial charge in [-0.15, -0.1) is 0 Å². The Balaban J connectivity index is 2.51. The van der Waals surface area contributed by atoms with Crippen LogP contribution >= 0.6 is 0 Å². The largest absolute Gasteiger partial charge is 0.384 e. The van der Waals surface area contributed by atoms with Crippen molar-refractivity contribution in [3.05, 3.63) is 0 Å². The van der Waals surface area contributed by atoms with Crippen molar-refractivity contribution in [2.24, 2.45) is 11.3 Å². The summed E-state index contributed by atoms with van der Waals surface area (Å²) >= 11 is 0. The summed E-state index contributed by atoms with van der Waals surface area (Å²) < 4.78 is 5.24. The highest BCUT2D eigenvalue weighted by Crippen LogP contribution is 2.40. The van der Waals surface area contributed by atoms with E-state index in [-0.39, 0.29) is 5.41 Å². The molecule has 1 rings (SSSR count). The lowest BCUT2D eigenvalue weighted by Gasteiger charge is -2.26. The van der Waals surface area contributed by atoms with Crippen LogP contribution in [0, 0.1) is 11.3 Å². The summed E-state index contributed by atoms with van der Waals surface area (Å²) in [6.07, 6.45) is 6.22. The van der Waals surface area contributed by atoms with Crippen LogP contribution in [0.3, 0.4) is 0 Å². The molecule has 0 aromatic heterocycles. The van der Waals surface area contributed by atoms with E-state index in [1.807, 2.05) is 0 Å². The molecule has 0 amide bonds. The predicted molar refractivity (Wildman–Crippen MR) is 61.9 cm³/mol. The van der Waals surface area contributed by atoms with Gasteiger partial charge in [0.2, 0.25) is 0 Å². The first-order chi connectivity index (χ1) is 7.10. The number of Topliss-reactive ketones (excluding diaryl/α,β-unsaturated/α-hetero) is 1. The lowest BCUT2D eigenvalue weighted by molar-refractivity contribution is -0.131. The minimum Gasteiger partial charge on any atom is -0.384 e. The number of ether oxygens (including phenoxy) is 1. The molecule has 1 saturated carbocycles. The van der Waals surface area contributed by atoms with E-state index in [9.17, 15) is 4.79 Å². The van der Waals surface area contributed by atoms with Crippen LogP contribution in [0.25, 0.3) is 0 Å². The van der Waals surface area contributed by atoms with Gasteiger partial charge in [-0.05, 0) is 25.2 Å². The summed E-state index contributed by atoms with van der Waals surface area (Å²) in [5.41, 5.74) is -0.121. The van der Waals surface area contributed by atoms with Crippen LogP contribution in [0.5, 0.6) is 0 Å². The molecular weight excluding hydrogens is 188 g/mol. The summed E-state index contributed by atoms with van der Waals surface area (Å²) in [5, 5.41) is 0. The Morgan fingerprint density at radius 1 is 1.33 bits per heavy atom. The number of carbonyl (C=O) groups is 1. The zero-order chi connectivity index (χ0) is 11.3. The van der Waals surface area contributed by atoms with E-state index in [1.165, 1.54) is 12.8 Å². The molecule has 0 N–H and O–H groups in total. The van der Waals surface area contributed by atoms with Crippen molar-refractivity contribution in [3.8, 4) is 0 Å². The topological polar surface area (TPSA) is 26.3 Å². The van der Waals surface area contributed by atoms with E-state index in [1.54, 1.807) is 7.11 Å². The molecule has 0 aliphatic heterocycles. The summed E-state index contributed by atoms with van der Waals surface area (Å²) in [4.78, 5) is 12.2. The molecule has 2 heteroatoms. The third-order valence-corrected chi connectivity index (χ3v) is 3.52. The molecule has 2 nitrogen and oxygen atoms in total. The standard InChI is InChI=1S/C13H24O2/c1-11(2)6-7-12(14)13(10-15-3)8-4-5-9-13/h11H,4-10H2,1-3H3. The molecule has 1 aliphatic rings. The first-order valence-corrected chi connectivity index (χ1v) is 6.13. The number of rotatable bonds is 6. The van der Waals surface area contributed by atoms with Crippen molar-refractivity contribution >= 4 is 5.78 Å². The van der Waals surface area contributed by atoms with Crippen molar-refractivity contribution in [1.29, 1.82) is 0 Å². The Hall–Kier alpha value is -0.370. The normalized spacial score (nSPS) is 19.7. The second-order valence-electron chi connectivity index (χ2n) is 5.28. The van der Waals surface area contributed by atoms with E-state index in [2.05, 4.69) is 13.8 Å². The fourth-order valence-corrected chi connectivity index (χ4v) is 2.52. The second-order valence-corrected chi connectivity index (χ2v) is 5.28. The fraction of sp³-hybridized carbons (Fsp3) is 0.923. The number of hydrogen-bond acceptors (Lipinski definition) is 2. The highest BCUT2D eigenvalue weighted by atomic mass is 16.5. The lowest BCUT2D eigenvalue weighted by atomic mass is 9.80. The molecule has 0 saturated heterocycles. The van der Waals surface area contributed by atoms with Crippen LogP contribution in [-0.4, -0.2) is 19.5 Å². The molecule has 0 unspecified atom stereocenters. The quantitative estimate of drug-likeness (QED) is 0.676. The van der Waals surface area contributed by atoms with E-state index in [0.717, 1.165) is 25.7 Å². The molecule has 15 heavy (non-hydrogen) atoms. The molecule has 0 aromatic carbocycles. The zero-order valence-corrected chi connectivity index (χ0v) is 10.3. The Morgan fingerprint density at radius 3 is 2.40 bits per heavy atom. The van der Waals surface area contributed by atoms with Gasteiger partial charge >= 0.3 is 0 Å². The van der Waals surface area contributed by atoms with Gasteiger partial charge in [0.25, 0.3) is 0 Å². The van der Waals surface area contributed by atoms with E-state index >= 15 is 0 Å². The first-order valence-electron chi connectivity index (χ1n) is 6.13. The van der Waals surface area contributed by atoms with Crippen LogP contribution in [-0.2, 0) is 9.53 Å². The average Bonchev–Trinajstić information content (AvgIpc) is 2.64. The van der Waals surface area contributed by atoms with Crippen LogP contribution < -0.4 is 0 Å². The smallest absolute Gasteiger partial charge is 0.141 e. The van der Waals surface area contributed by atoms with Gasteiger partial charge < -0.3 is 4.74 Å². The van der Waals surface area contributed by atoms with Crippen molar-refractivity contribution in [2.45, 2.75) is 52.4 Å². The third-order valence-electron chi connectivity index (χ3n) is 3.52. The minimum absolute atomic E-state index is 0.121. The second kappa shape index (κ2) is 5.64. The van der Waals surface area contributed by atoms with Crippen molar-refractivity contribution in [2.75, 3.05) is 13.7 Å². The van der Waals surface area contributed by atoms with Crippen molar-refractivity contribution < 1.29 is 9.53 Å².